The van der Waals surface area contributed by atoms with Crippen molar-refractivity contribution in [2.45, 2.75) is 25.7 Å². The summed E-state index contributed by atoms with van der Waals surface area (Å²) in [5.74, 6) is -0.299. The standard InChI is InChI=1S/C17H20N2O4S/c1-11-8-12(2)16(13(3)9-11)24(21,22)19(4)17(20)14-6-7-15(23-5)18-10-14/h6-10H,1-5H3. The molecule has 0 fully saturated rings. The highest BCUT2D eigenvalue weighted by Crippen LogP contribution is 2.25. The van der Waals surface area contributed by atoms with E-state index in [1.165, 1.54) is 32.5 Å². The van der Waals surface area contributed by atoms with E-state index in [4.69, 9.17) is 4.74 Å². The van der Waals surface area contributed by atoms with Gasteiger partial charge in [0.15, 0.2) is 0 Å². The summed E-state index contributed by atoms with van der Waals surface area (Å²) in [4.78, 5) is 16.6. The van der Waals surface area contributed by atoms with Gasteiger partial charge in [-0.15, -0.1) is 0 Å². The van der Waals surface area contributed by atoms with Gasteiger partial charge in [0.2, 0.25) is 5.88 Å². The summed E-state index contributed by atoms with van der Waals surface area (Å²) in [6.07, 6.45) is 1.29. The molecule has 1 amide bonds. The first-order valence-corrected chi connectivity index (χ1v) is 8.73. The summed E-state index contributed by atoms with van der Waals surface area (Å²) in [6, 6.07) is 6.56. The van der Waals surface area contributed by atoms with E-state index in [0.29, 0.717) is 17.0 Å². The number of pyridine rings is 1. The molecule has 0 saturated carbocycles. The Morgan fingerprint density at radius 1 is 1.12 bits per heavy atom. The molecular formula is C17H20N2O4S. The molecule has 128 valence electrons. The maximum absolute atomic E-state index is 12.9. The average Bonchev–Trinajstić information content (AvgIpc) is 2.52. The van der Waals surface area contributed by atoms with E-state index in [1.807, 2.05) is 6.92 Å². The normalized spacial score (nSPS) is 11.2. The first-order chi connectivity index (χ1) is 11.2. The molecule has 0 aliphatic rings. The minimum absolute atomic E-state index is 0.158. The SMILES string of the molecule is COc1ccc(C(=O)N(C)S(=O)(=O)c2c(C)cc(C)cc2C)cn1. The zero-order valence-corrected chi connectivity index (χ0v) is 15.1. The zero-order valence-electron chi connectivity index (χ0n) is 14.3. The third-order valence-corrected chi connectivity index (χ3v) is 5.75. The summed E-state index contributed by atoms with van der Waals surface area (Å²) in [5, 5.41) is 0. The van der Waals surface area contributed by atoms with Crippen LogP contribution in [0.25, 0.3) is 0 Å². The molecule has 0 unspecified atom stereocenters. The number of sulfonamides is 1. The quantitative estimate of drug-likeness (QED) is 0.848. The van der Waals surface area contributed by atoms with E-state index in [1.54, 1.807) is 26.0 Å². The van der Waals surface area contributed by atoms with Crippen LogP contribution in [0.4, 0.5) is 0 Å². The van der Waals surface area contributed by atoms with Crippen LogP contribution < -0.4 is 4.74 Å². The predicted molar refractivity (Wildman–Crippen MR) is 90.7 cm³/mol. The minimum Gasteiger partial charge on any atom is -0.481 e. The van der Waals surface area contributed by atoms with Crippen molar-refractivity contribution in [1.29, 1.82) is 0 Å². The van der Waals surface area contributed by atoms with Gasteiger partial charge in [-0.3, -0.25) is 4.79 Å². The Bertz CT molecular complexity index is 851. The fraction of sp³-hybridized carbons (Fsp3) is 0.294. The van der Waals surface area contributed by atoms with Crippen molar-refractivity contribution in [3.63, 3.8) is 0 Å². The number of carbonyl (C=O) groups is 1. The maximum atomic E-state index is 12.9. The second-order valence-corrected chi connectivity index (χ2v) is 7.50. The second kappa shape index (κ2) is 6.60. The lowest BCUT2D eigenvalue weighted by Gasteiger charge is -2.20. The molecule has 0 aliphatic carbocycles. The maximum Gasteiger partial charge on any atom is 0.268 e. The Labute approximate surface area is 142 Å². The first kappa shape index (κ1) is 17.9. The highest BCUT2D eigenvalue weighted by atomic mass is 32.2. The fourth-order valence-electron chi connectivity index (χ4n) is 2.63. The Morgan fingerprint density at radius 2 is 1.71 bits per heavy atom. The Hall–Kier alpha value is -2.41. The van der Waals surface area contributed by atoms with E-state index in [-0.39, 0.29) is 10.5 Å². The van der Waals surface area contributed by atoms with Crippen LogP contribution in [0.3, 0.4) is 0 Å². The molecule has 0 spiro atoms. The molecule has 1 aromatic heterocycles. The van der Waals surface area contributed by atoms with E-state index in [2.05, 4.69) is 4.98 Å². The molecule has 24 heavy (non-hydrogen) atoms. The number of aromatic nitrogens is 1. The number of benzene rings is 1. The lowest BCUT2D eigenvalue weighted by Crippen LogP contribution is -2.34. The number of aryl methyl sites for hydroxylation is 3. The van der Waals surface area contributed by atoms with Gasteiger partial charge in [-0.05, 0) is 38.0 Å². The van der Waals surface area contributed by atoms with Crippen molar-refractivity contribution in [3.8, 4) is 5.88 Å². The molecule has 2 rings (SSSR count). The Balaban J connectivity index is 2.43. The molecule has 2 aromatic rings. The van der Waals surface area contributed by atoms with Crippen molar-refractivity contribution in [2.75, 3.05) is 14.2 Å². The highest BCUT2D eigenvalue weighted by Gasteiger charge is 2.29. The molecular weight excluding hydrogens is 328 g/mol. The number of methoxy groups -OCH3 is 1. The van der Waals surface area contributed by atoms with Crippen LogP contribution in [0, 0.1) is 20.8 Å². The van der Waals surface area contributed by atoms with Crippen LogP contribution >= 0.6 is 0 Å². The van der Waals surface area contributed by atoms with Crippen LogP contribution in [-0.2, 0) is 10.0 Å². The zero-order chi connectivity index (χ0) is 18.1. The van der Waals surface area contributed by atoms with Gasteiger partial charge in [-0.1, -0.05) is 17.7 Å². The number of nitrogens with zero attached hydrogens (tertiary/aromatic N) is 2. The van der Waals surface area contributed by atoms with Gasteiger partial charge in [0.25, 0.3) is 15.9 Å². The first-order valence-electron chi connectivity index (χ1n) is 7.29. The van der Waals surface area contributed by atoms with Crippen molar-refractivity contribution < 1.29 is 17.9 Å². The van der Waals surface area contributed by atoms with E-state index < -0.39 is 15.9 Å². The monoisotopic (exact) mass is 348 g/mol. The Morgan fingerprint density at radius 3 is 2.17 bits per heavy atom. The number of hydrogen-bond donors (Lipinski definition) is 0. The number of carbonyl (C=O) groups excluding carboxylic acids is 1. The van der Waals surface area contributed by atoms with Crippen molar-refractivity contribution in [2.24, 2.45) is 0 Å². The summed E-state index contributed by atoms with van der Waals surface area (Å²) in [7, 11) is -1.24. The highest BCUT2D eigenvalue weighted by molar-refractivity contribution is 7.89. The topological polar surface area (TPSA) is 76.6 Å². The second-order valence-electron chi connectivity index (χ2n) is 5.59. The molecule has 0 N–H and O–H groups in total. The molecule has 0 atom stereocenters. The van der Waals surface area contributed by atoms with Crippen molar-refractivity contribution >= 4 is 15.9 Å². The lowest BCUT2D eigenvalue weighted by atomic mass is 10.1. The number of hydrogen-bond acceptors (Lipinski definition) is 5. The molecule has 1 heterocycles. The third-order valence-electron chi connectivity index (χ3n) is 3.70. The fourth-order valence-corrected chi connectivity index (χ4v) is 4.16. The van der Waals surface area contributed by atoms with Crippen LogP contribution in [0.15, 0.2) is 35.4 Å². The summed E-state index contributed by atoms with van der Waals surface area (Å²) in [5.41, 5.74) is 2.36. The molecule has 0 radical (unpaired) electrons. The summed E-state index contributed by atoms with van der Waals surface area (Å²) in [6.45, 7) is 5.34. The van der Waals surface area contributed by atoms with Gasteiger partial charge in [-0.2, -0.15) is 0 Å². The molecule has 1 aromatic carbocycles. The van der Waals surface area contributed by atoms with Crippen LogP contribution in [0.2, 0.25) is 0 Å². The van der Waals surface area contributed by atoms with Crippen LogP contribution in [0.5, 0.6) is 5.88 Å². The van der Waals surface area contributed by atoms with E-state index >= 15 is 0 Å². The third kappa shape index (κ3) is 3.26. The minimum atomic E-state index is -3.96. The predicted octanol–water partition coefficient (Wildman–Crippen LogP) is 2.48. The molecule has 7 heteroatoms. The largest absolute Gasteiger partial charge is 0.481 e. The van der Waals surface area contributed by atoms with Gasteiger partial charge < -0.3 is 4.74 Å². The van der Waals surface area contributed by atoms with Gasteiger partial charge in [-0.25, -0.2) is 17.7 Å². The van der Waals surface area contributed by atoms with E-state index in [9.17, 15) is 13.2 Å². The Kier molecular flexibility index (Phi) is 4.94. The smallest absolute Gasteiger partial charge is 0.268 e. The van der Waals surface area contributed by atoms with Crippen LogP contribution in [-0.4, -0.2) is 37.8 Å². The molecule has 0 bridgehead atoms. The molecule has 6 nitrogen and oxygen atoms in total. The van der Waals surface area contributed by atoms with Crippen molar-refractivity contribution in [3.05, 3.63) is 52.7 Å². The van der Waals surface area contributed by atoms with Gasteiger partial charge >= 0.3 is 0 Å². The van der Waals surface area contributed by atoms with Gasteiger partial charge in [0.05, 0.1) is 17.6 Å². The molecule has 0 aliphatic heterocycles. The number of ether oxygens (including phenoxy) is 1. The van der Waals surface area contributed by atoms with Gasteiger partial charge in [0, 0.05) is 19.3 Å². The summed E-state index contributed by atoms with van der Waals surface area (Å²) < 4.78 is 31.5. The average molecular weight is 348 g/mol. The van der Waals surface area contributed by atoms with Gasteiger partial charge in [0.1, 0.15) is 0 Å². The lowest BCUT2D eigenvalue weighted by molar-refractivity contribution is 0.0882. The summed E-state index contributed by atoms with van der Waals surface area (Å²) >= 11 is 0. The van der Waals surface area contributed by atoms with Crippen molar-refractivity contribution in [1.82, 2.24) is 9.29 Å². The van der Waals surface area contributed by atoms with Crippen LogP contribution in [0.1, 0.15) is 27.0 Å². The van der Waals surface area contributed by atoms with E-state index in [0.717, 1.165) is 9.87 Å². The number of rotatable bonds is 4. The molecule has 0 saturated heterocycles. The number of amides is 1.